The summed E-state index contributed by atoms with van der Waals surface area (Å²) in [7, 11) is 0. The maximum absolute atomic E-state index is 5.61. The predicted octanol–water partition coefficient (Wildman–Crippen LogP) is 3.60. The van der Waals surface area contributed by atoms with Gasteiger partial charge in [-0.25, -0.2) is 4.98 Å². The Labute approximate surface area is 93.3 Å². The molecule has 0 spiro atoms. The molecular weight excluding hydrogens is 206 g/mol. The Bertz CT molecular complexity index is 413. The Kier molecular flexibility index (Phi) is 3.25. The lowest BCUT2D eigenvalue weighted by Gasteiger charge is -2.04. The van der Waals surface area contributed by atoms with Crippen LogP contribution >= 0.6 is 11.8 Å². The molecule has 0 aliphatic rings. The fourth-order valence-corrected chi connectivity index (χ4v) is 1.53. The molecule has 1 aromatic heterocycles. The van der Waals surface area contributed by atoms with E-state index in [1.54, 1.807) is 18.0 Å². The van der Waals surface area contributed by atoms with Gasteiger partial charge in [0.05, 0.1) is 11.2 Å². The van der Waals surface area contributed by atoms with Crippen molar-refractivity contribution in [1.29, 1.82) is 0 Å². The zero-order valence-corrected chi connectivity index (χ0v) is 9.20. The second-order valence-electron chi connectivity index (χ2n) is 2.95. The van der Waals surface area contributed by atoms with Crippen LogP contribution in [0.2, 0.25) is 0 Å². The van der Waals surface area contributed by atoms with Crippen molar-refractivity contribution < 1.29 is 4.74 Å². The molecule has 0 radical (unpaired) electrons. The number of aromatic nitrogens is 1. The number of para-hydroxylation sites is 1. The van der Waals surface area contributed by atoms with E-state index < -0.39 is 0 Å². The van der Waals surface area contributed by atoms with Gasteiger partial charge in [-0.15, -0.1) is 11.8 Å². The molecule has 0 N–H and O–H groups in total. The second-order valence-corrected chi connectivity index (χ2v) is 3.78. The minimum Gasteiger partial charge on any atom is -0.456 e. The molecule has 1 heterocycles. The van der Waals surface area contributed by atoms with Gasteiger partial charge in [0.25, 0.3) is 0 Å². The average Bonchev–Trinajstić information content (AvgIpc) is 2.31. The van der Waals surface area contributed by atoms with E-state index in [0.717, 1.165) is 16.5 Å². The summed E-state index contributed by atoms with van der Waals surface area (Å²) in [5.41, 5.74) is 0. The molecule has 0 aliphatic carbocycles. The van der Waals surface area contributed by atoms with E-state index in [4.69, 9.17) is 4.74 Å². The molecule has 15 heavy (non-hydrogen) atoms. The van der Waals surface area contributed by atoms with Crippen LogP contribution in [-0.4, -0.2) is 11.2 Å². The number of thioether (sulfide) groups is 1. The van der Waals surface area contributed by atoms with Gasteiger partial charge < -0.3 is 4.74 Å². The molecule has 1 aromatic carbocycles. The van der Waals surface area contributed by atoms with Gasteiger partial charge in [-0.05, 0) is 30.5 Å². The van der Waals surface area contributed by atoms with Crippen molar-refractivity contribution in [3.05, 3.63) is 48.7 Å². The standard InChI is InChI=1S/C12H11NOS/c1-15-12-8-7-11(9-13-12)14-10-5-3-2-4-6-10/h2-9H,1H3. The molecule has 2 nitrogen and oxygen atoms in total. The lowest BCUT2D eigenvalue weighted by molar-refractivity contribution is 0.479. The highest BCUT2D eigenvalue weighted by molar-refractivity contribution is 7.98. The summed E-state index contributed by atoms with van der Waals surface area (Å²) in [5.74, 6) is 1.59. The Morgan fingerprint density at radius 3 is 2.40 bits per heavy atom. The van der Waals surface area contributed by atoms with Crippen LogP contribution in [0.5, 0.6) is 11.5 Å². The number of rotatable bonds is 3. The highest BCUT2D eigenvalue weighted by Gasteiger charge is 1.97. The van der Waals surface area contributed by atoms with Gasteiger partial charge in [0.2, 0.25) is 0 Å². The Hall–Kier alpha value is -1.48. The molecule has 2 aromatic rings. The third kappa shape index (κ3) is 2.73. The van der Waals surface area contributed by atoms with Gasteiger partial charge in [0, 0.05) is 0 Å². The molecule has 0 fully saturated rings. The van der Waals surface area contributed by atoms with E-state index in [0.29, 0.717) is 0 Å². The predicted molar refractivity (Wildman–Crippen MR) is 62.5 cm³/mol. The SMILES string of the molecule is CSc1ccc(Oc2ccccc2)cn1. The van der Waals surface area contributed by atoms with E-state index in [9.17, 15) is 0 Å². The first kappa shape index (κ1) is 10.1. The zero-order valence-electron chi connectivity index (χ0n) is 8.38. The molecule has 0 bridgehead atoms. The van der Waals surface area contributed by atoms with Crippen LogP contribution in [0.1, 0.15) is 0 Å². The number of hydrogen-bond donors (Lipinski definition) is 0. The quantitative estimate of drug-likeness (QED) is 0.733. The number of pyridine rings is 1. The molecule has 0 amide bonds. The Morgan fingerprint density at radius 1 is 1.00 bits per heavy atom. The molecule has 0 saturated heterocycles. The summed E-state index contributed by atoms with van der Waals surface area (Å²) in [6, 6.07) is 13.6. The zero-order chi connectivity index (χ0) is 10.5. The minimum atomic E-state index is 0.763. The molecular formula is C12H11NOS. The van der Waals surface area contributed by atoms with Gasteiger partial charge in [-0.1, -0.05) is 18.2 Å². The third-order valence-corrected chi connectivity index (χ3v) is 2.56. The maximum Gasteiger partial charge on any atom is 0.145 e. The fourth-order valence-electron chi connectivity index (χ4n) is 1.17. The highest BCUT2D eigenvalue weighted by atomic mass is 32.2. The monoisotopic (exact) mass is 217 g/mol. The van der Waals surface area contributed by atoms with Crippen molar-refractivity contribution in [1.82, 2.24) is 4.98 Å². The average molecular weight is 217 g/mol. The maximum atomic E-state index is 5.61. The summed E-state index contributed by atoms with van der Waals surface area (Å²) >= 11 is 1.62. The van der Waals surface area contributed by atoms with Crippen molar-refractivity contribution in [2.45, 2.75) is 5.03 Å². The van der Waals surface area contributed by atoms with Crippen LogP contribution < -0.4 is 4.74 Å². The summed E-state index contributed by atoms with van der Waals surface area (Å²) in [5, 5.41) is 0.996. The number of benzene rings is 1. The topological polar surface area (TPSA) is 22.1 Å². The van der Waals surface area contributed by atoms with Crippen LogP contribution in [0.4, 0.5) is 0 Å². The van der Waals surface area contributed by atoms with Gasteiger partial charge in [-0.3, -0.25) is 0 Å². The summed E-state index contributed by atoms with van der Waals surface area (Å²) in [6.45, 7) is 0. The third-order valence-electron chi connectivity index (χ3n) is 1.90. The van der Waals surface area contributed by atoms with Crippen molar-refractivity contribution >= 4 is 11.8 Å². The van der Waals surface area contributed by atoms with Crippen LogP contribution in [0.25, 0.3) is 0 Å². The van der Waals surface area contributed by atoms with Crippen molar-refractivity contribution in [2.24, 2.45) is 0 Å². The van der Waals surface area contributed by atoms with Crippen LogP contribution in [0.3, 0.4) is 0 Å². The van der Waals surface area contributed by atoms with Gasteiger partial charge >= 0.3 is 0 Å². The fraction of sp³-hybridized carbons (Fsp3) is 0.0833. The second kappa shape index (κ2) is 4.84. The lowest BCUT2D eigenvalue weighted by atomic mass is 10.3. The molecule has 0 saturated carbocycles. The largest absolute Gasteiger partial charge is 0.456 e. The Morgan fingerprint density at radius 2 is 1.80 bits per heavy atom. The molecule has 3 heteroatoms. The van der Waals surface area contributed by atoms with Gasteiger partial charge in [0.1, 0.15) is 11.5 Å². The highest BCUT2D eigenvalue weighted by Crippen LogP contribution is 2.21. The van der Waals surface area contributed by atoms with Crippen molar-refractivity contribution in [2.75, 3.05) is 6.26 Å². The molecule has 76 valence electrons. The smallest absolute Gasteiger partial charge is 0.145 e. The van der Waals surface area contributed by atoms with Crippen LogP contribution in [0.15, 0.2) is 53.7 Å². The molecule has 2 rings (SSSR count). The first-order valence-electron chi connectivity index (χ1n) is 4.61. The van der Waals surface area contributed by atoms with Crippen LogP contribution in [0, 0.1) is 0 Å². The molecule has 0 aliphatic heterocycles. The van der Waals surface area contributed by atoms with E-state index >= 15 is 0 Å². The summed E-state index contributed by atoms with van der Waals surface area (Å²) in [4.78, 5) is 4.23. The summed E-state index contributed by atoms with van der Waals surface area (Å²) < 4.78 is 5.61. The van der Waals surface area contributed by atoms with E-state index in [2.05, 4.69) is 4.98 Å². The lowest BCUT2D eigenvalue weighted by Crippen LogP contribution is -1.85. The van der Waals surface area contributed by atoms with Crippen molar-refractivity contribution in [3.63, 3.8) is 0 Å². The number of nitrogens with zero attached hydrogens (tertiary/aromatic N) is 1. The first-order chi connectivity index (χ1) is 7.38. The first-order valence-corrected chi connectivity index (χ1v) is 5.84. The Balaban J connectivity index is 2.11. The molecule has 0 atom stereocenters. The van der Waals surface area contributed by atoms with E-state index in [1.807, 2.05) is 48.7 Å². The number of hydrogen-bond acceptors (Lipinski definition) is 3. The van der Waals surface area contributed by atoms with Crippen molar-refractivity contribution in [3.8, 4) is 11.5 Å². The van der Waals surface area contributed by atoms with Gasteiger partial charge in [0.15, 0.2) is 0 Å². The molecule has 0 unspecified atom stereocenters. The van der Waals surface area contributed by atoms with E-state index in [1.165, 1.54) is 0 Å². The number of ether oxygens (including phenoxy) is 1. The van der Waals surface area contributed by atoms with E-state index in [-0.39, 0.29) is 0 Å². The minimum absolute atomic E-state index is 0.763. The normalized spacial score (nSPS) is 9.93. The van der Waals surface area contributed by atoms with Crippen LogP contribution in [-0.2, 0) is 0 Å². The van der Waals surface area contributed by atoms with Gasteiger partial charge in [-0.2, -0.15) is 0 Å². The summed E-state index contributed by atoms with van der Waals surface area (Å²) in [6.07, 6.45) is 3.74.